The van der Waals surface area contributed by atoms with E-state index in [2.05, 4.69) is 0 Å². The number of benzene rings is 1. The lowest BCUT2D eigenvalue weighted by atomic mass is 10.3. The fraction of sp³-hybridized carbons (Fsp3) is 0.333. The van der Waals surface area contributed by atoms with Gasteiger partial charge in [0.05, 0.1) is 9.92 Å². The van der Waals surface area contributed by atoms with Crippen molar-refractivity contribution >= 4 is 27.1 Å². The summed E-state index contributed by atoms with van der Waals surface area (Å²) in [4.78, 5) is 0.0480. The summed E-state index contributed by atoms with van der Waals surface area (Å²) in [7, 11) is -3.48. The van der Waals surface area contributed by atoms with Crippen LogP contribution in [-0.2, 0) is 14.6 Å². The van der Waals surface area contributed by atoms with E-state index in [9.17, 15) is 8.42 Å². The third-order valence-corrected chi connectivity index (χ3v) is 3.66. The van der Waals surface area contributed by atoms with Crippen molar-refractivity contribution in [3.05, 3.63) is 23.2 Å². The SMILES string of the molecule is CCOCS(=O)(=O)c1ccc(N)cc1Cl. The molecule has 15 heavy (non-hydrogen) atoms. The Labute approximate surface area is 93.9 Å². The van der Waals surface area contributed by atoms with Crippen LogP contribution in [0.25, 0.3) is 0 Å². The summed E-state index contributed by atoms with van der Waals surface area (Å²) in [5.41, 5.74) is 5.89. The van der Waals surface area contributed by atoms with Gasteiger partial charge < -0.3 is 10.5 Å². The van der Waals surface area contributed by atoms with Crippen molar-refractivity contribution in [3.63, 3.8) is 0 Å². The Bertz CT molecular complexity index is 445. The molecule has 6 heteroatoms. The van der Waals surface area contributed by atoms with Crippen LogP contribution in [0.3, 0.4) is 0 Å². The Kier molecular flexibility index (Phi) is 3.96. The van der Waals surface area contributed by atoms with E-state index in [-0.39, 0.29) is 15.9 Å². The van der Waals surface area contributed by atoms with Gasteiger partial charge in [0.25, 0.3) is 0 Å². The molecule has 0 unspecified atom stereocenters. The zero-order valence-electron chi connectivity index (χ0n) is 8.23. The summed E-state index contributed by atoms with van der Waals surface area (Å²) in [6.07, 6.45) is 0. The maximum Gasteiger partial charge on any atom is 0.203 e. The van der Waals surface area contributed by atoms with Crippen molar-refractivity contribution in [1.29, 1.82) is 0 Å². The number of sulfone groups is 1. The van der Waals surface area contributed by atoms with Gasteiger partial charge in [-0.3, -0.25) is 0 Å². The lowest BCUT2D eigenvalue weighted by Crippen LogP contribution is -2.10. The van der Waals surface area contributed by atoms with Crippen molar-refractivity contribution < 1.29 is 13.2 Å². The van der Waals surface area contributed by atoms with Crippen LogP contribution in [0.4, 0.5) is 5.69 Å². The van der Waals surface area contributed by atoms with E-state index in [4.69, 9.17) is 22.1 Å². The minimum Gasteiger partial charge on any atom is -0.399 e. The standard InChI is InChI=1S/C9H12ClNO3S/c1-2-14-6-15(12,13)9-4-3-7(11)5-8(9)10/h3-5H,2,6,11H2,1H3. The summed E-state index contributed by atoms with van der Waals surface area (Å²) in [6.45, 7) is 2.06. The molecule has 0 aliphatic heterocycles. The number of hydrogen-bond acceptors (Lipinski definition) is 4. The van der Waals surface area contributed by atoms with E-state index in [1.165, 1.54) is 18.2 Å². The summed E-state index contributed by atoms with van der Waals surface area (Å²) in [5.74, 6) is -0.368. The average molecular weight is 250 g/mol. The number of halogens is 1. The maximum absolute atomic E-state index is 11.7. The molecule has 4 nitrogen and oxygen atoms in total. The van der Waals surface area contributed by atoms with Gasteiger partial charge in [0.2, 0.25) is 9.84 Å². The smallest absolute Gasteiger partial charge is 0.203 e. The molecule has 0 atom stereocenters. The van der Waals surface area contributed by atoms with Crippen LogP contribution in [0.5, 0.6) is 0 Å². The van der Waals surface area contributed by atoms with Crippen LogP contribution in [0, 0.1) is 0 Å². The molecule has 2 N–H and O–H groups in total. The molecule has 0 spiro atoms. The zero-order valence-corrected chi connectivity index (χ0v) is 9.81. The number of hydrogen-bond donors (Lipinski definition) is 1. The van der Waals surface area contributed by atoms with Gasteiger partial charge in [0, 0.05) is 12.3 Å². The van der Waals surface area contributed by atoms with Crippen molar-refractivity contribution in [2.75, 3.05) is 18.3 Å². The topological polar surface area (TPSA) is 69.4 Å². The molecule has 1 rings (SSSR count). The van der Waals surface area contributed by atoms with E-state index in [1.54, 1.807) is 6.92 Å². The first kappa shape index (κ1) is 12.3. The number of ether oxygens (including phenoxy) is 1. The van der Waals surface area contributed by atoms with Gasteiger partial charge in [0.1, 0.15) is 0 Å². The Balaban J connectivity index is 3.05. The molecule has 0 amide bonds. The molecule has 0 bridgehead atoms. The van der Waals surface area contributed by atoms with Gasteiger partial charge in [-0.1, -0.05) is 11.6 Å². The second-order valence-corrected chi connectivity index (χ2v) is 5.23. The highest BCUT2D eigenvalue weighted by molar-refractivity contribution is 7.91. The summed E-state index contributed by atoms with van der Waals surface area (Å²) >= 11 is 5.78. The molecular weight excluding hydrogens is 238 g/mol. The second-order valence-electron chi connectivity index (χ2n) is 2.92. The van der Waals surface area contributed by atoms with E-state index >= 15 is 0 Å². The maximum atomic E-state index is 11.7. The van der Waals surface area contributed by atoms with Crippen molar-refractivity contribution in [2.45, 2.75) is 11.8 Å². The van der Waals surface area contributed by atoms with Crippen molar-refractivity contribution in [2.24, 2.45) is 0 Å². The first-order valence-corrected chi connectivity index (χ1v) is 6.36. The molecule has 0 saturated heterocycles. The molecule has 1 aromatic rings. The van der Waals surface area contributed by atoms with Gasteiger partial charge in [-0.15, -0.1) is 0 Å². The third-order valence-electron chi connectivity index (χ3n) is 1.73. The summed E-state index contributed by atoms with van der Waals surface area (Å²) < 4.78 is 28.2. The predicted octanol–water partition coefficient (Wildman–Crippen LogP) is 1.69. The van der Waals surface area contributed by atoms with Crippen molar-refractivity contribution in [1.82, 2.24) is 0 Å². The minimum absolute atomic E-state index is 0.0480. The highest BCUT2D eigenvalue weighted by Gasteiger charge is 2.17. The van der Waals surface area contributed by atoms with Gasteiger partial charge in [-0.05, 0) is 25.1 Å². The lowest BCUT2D eigenvalue weighted by molar-refractivity contribution is 0.192. The number of anilines is 1. The molecule has 0 aromatic heterocycles. The zero-order chi connectivity index (χ0) is 11.5. The fourth-order valence-electron chi connectivity index (χ4n) is 1.03. The highest BCUT2D eigenvalue weighted by Crippen LogP contribution is 2.24. The summed E-state index contributed by atoms with van der Waals surface area (Å²) in [6, 6.07) is 4.27. The number of nitrogen functional groups attached to an aromatic ring is 1. The minimum atomic E-state index is -3.48. The Morgan fingerprint density at radius 1 is 1.47 bits per heavy atom. The average Bonchev–Trinajstić information content (AvgIpc) is 2.14. The Morgan fingerprint density at radius 2 is 2.13 bits per heavy atom. The second kappa shape index (κ2) is 4.83. The van der Waals surface area contributed by atoms with Gasteiger partial charge in [-0.2, -0.15) is 0 Å². The van der Waals surface area contributed by atoms with Crippen molar-refractivity contribution in [3.8, 4) is 0 Å². The molecule has 0 aliphatic rings. The van der Waals surface area contributed by atoms with E-state index < -0.39 is 9.84 Å². The van der Waals surface area contributed by atoms with Gasteiger partial charge in [-0.25, -0.2) is 8.42 Å². The van der Waals surface area contributed by atoms with E-state index in [0.717, 1.165) is 0 Å². The monoisotopic (exact) mass is 249 g/mol. The van der Waals surface area contributed by atoms with Crippen LogP contribution >= 0.6 is 11.6 Å². The van der Waals surface area contributed by atoms with Crippen LogP contribution < -0.4 is 5.73 Å². The van der Waals surface area contributed by atoms with E-state index in [1.807, 2.05) is 0 Å². The molecule has 0 radical (unpaired) electrons. The first-order chi connectivity index (χ1) is 6.97. The molecule has 0 fully saturated rings. The highest BCUT2D eigenvalue weighted by atomic mass is 35.5. The molecule has 0 aliphatic carbocycles. The van der Waals surface area contributed by atoms with Gasteiger partial charge >= 0.3 is 0 Å². The summed E-state index contributed by atoms with van der Waals surface area (Å²) in [5, 5.41) is 0.120. The largest absolute Gasteiger partial charge is 0.399 e. The van der Waals surface area contributed by atoms with Crippen LogP contribution in [0.1, 0.15) is 6.92 Å². The van der Waals surface area contributed by atoms with Crippen LogP contribution in [0.2, 0.25) is 5.02 Å². The molecule has 0 saturated carbocycles. The lowest BCUT2D eigenvalue weighted by Gasteiger charge is -2.06. The first-order valence-electron chi connectivity index (χ1n) is 4.33. The van der Waals surface area contributed by atoms with E-state index in [0.29, 0.717) is 12.3 Å². The molecule has 84 valence electrons. The normalized spacial score (nSPS) is 11.6. The quantitative estimate of drug-likeness (QED) is 0.825. The predicted molar refractivity (Wildman–Crippen MR) is 59.5 cm³/mol. The van der Waals surface area contributed by atoms with Crippen LogP contribution in [0.15, 0.2) is 23.1 Å². The molecule has 0 heterocycles. The van der Waals surface area contributed by atoms with Gasteiger partial charge in [0.15, 0.2) is 5.94 Å². The van der Waals surface area contributed by atoms with Crippen LogP contribution in [-0.4, -0.2) is 21.0 Å². The third kappa shape index (κ3) is 3.09. The fourth-order valence-corrected chi connectivity index (χ4v) is 2.71. The Morgan fingerprint density at radius 3 is 2.67 bits per heavy atom. The molecular formula is C9H12ClNO3S. The number of rotatable bonds is 4. The Hall–Kier alpha value is -0.780. The number of nitrogens with two attached hydrogens (primary N) is 1. The molecule has 1 aromatic carbocycles.